The summed E-state index contributed by atoms with van der Waals surface area (Å²) in [6.07, 6.45) is 0.362. The van der Waals surface area contributed by atoms with Crippen LogP contribution in [0.5, 0.6) is 5.75 Å². The van der Waals surface area contributed by atoms with E-state index in [1.165, 1.54) is 10.3 Å². The maximum absolute atomic E-state index is 10.7. The molecule has 1 saturated heterocycles. The van der Waals surface area contributed by atoms with Gasteiger partial charge in [-0.1, -0.05) is 30.3 Å². The second-order valence-electron chi connectivity index (χ2n) is 7.46. The maximum atomic E-state index is 10.7. The molecule has 0 radical (unpaired) electrons. The van der Waals surface area contributed by atoms with Crippen LogP contribution < -0.4 is 4.74 Å². The maximum Gasteiger partial charge on any atom is 0.120 e. The van der Waals surface area contributed by atoms with Gasteiger partial charge < -0.3 is 14.7 Å². The number of piperazine rings is 1. The number of benzene rings is 2. The van der Waals surface area contributed by atoms with Crippen LogP contribution in [0.4, 0.5) is 0 Å². The molecule has 0 saturated carbocycles. The number of nitrogens with zero attached hydrogens (tertiary/aromatic N) is 2. The van der Waals surface area contributed by atoms with Crippen molar-refractivity contribution in [2.24, 2.45) is 0 Å². The second kappa shape index (κ2) is 9.05. The minimum Gasteiger partial charge on any atom is -0.497 e. The van der Waals surface area contributed by atoms with Gasteiger partial charge >= 0.3 is 0 Å². The normalized spacial score (nSPS) is 17.1. The highest BCUT2D eigenvalue weighted by Gasteiger charge is 2.19. The van der Waals surface area contributed by atoms with Crippen LogP contribution >= 0.6 is 11.3 Å². The predicted octanol–water partition coefficient (Wildman–Crippen LogP) is 4.15. The number of aliphatic hydroxyl groups is 1. The molecule has 4 nitrogen and oxygen atoms in total. The van der Waals surface area contributed by atoms with Crippen LogP contribution in [0.1, 0.15) is 23.7 Å². The predicted molar refractivity (Wildman–Crippen MR) is 116 cm³/mol. The first-order valence-corrected chi connectivity index (χ1v) is 10.8. The van der Waals surface area contributed by atoms with Crippen molar-refractivity contribution in [3.05, 3.63) is 65.0 Å². The fraction of sp³-hybridized carbons (Fsp3) is 0.391. The molecule has 0 bridgehead atoms. The Labute approximate surface area is 171 Å². The summed E-state index contributed by atoms with van der Waals surface area (Å²) in [6.45, 7) is 6.29. The number of aliphatic hydroxyl groups excluding tert-OH is 1. The minimum absolute atomic E-state index is 0.413. The van der Waals surface area contributed by atoms with Gasteiger partial charge in [-0.3, -0.25) is 4.90 Å². The van der Waals surface area contributed by atoms with E-state index in [-0.39, 0.29) is 0 Å². The van der Waals surface area contributed by atoms with Crippen LogP contribution in [0.15, 0.2) is 53.9 Å². The molecule has 148 valence electrons. The lowest BCUT2D eigenvalue weighted by Gasteiger charge is -2.35. The third-order valence-corrected chi connectivity index (χ3v) is 6.57. The zero-order valence-corrected chi connectivity index (χ0v) is 17.2. The van der Waals surface area contributed by atoms with Gasteiger partial charge in [-0.2, -0.15) is 0 Å². The highest BCUT2D eigenvalue weighted by atomic mass is 32.1. The number of fused-ring (bicyclic) bond motifs is 1. The van der Waals surface area contributed by atoms with E-state index in [4.69, 9.17) is 4.74 Å². The summed E-state index contributed by atoms with van der Waals surface area (Å²) in [5, 5.41) is 14.0. The summed E-state index contributed by atoms with van der Waals surface area (Å²) in [6, 6.07) is 16.8. The van der Waals surface area contributed by atoms with Crippen LogP contribution in [0.3, 0.4) is 0 Å². The highest BCUT2D eigenvalue weighted by molar-refractivity contribution is 7.17. The fourth-order valence-electron chi connectivity index (χ4n) is 3.89. The topological polar surface area (TPSA) is 35.9 Å². The molecule has 4 rings (SSSR count). The monoisotopic (exact) mass is 396 g/mol. The van der Waals surface area contributed by atoms with Gasteiger partial charge in [0.1, 0.15) is 5.75 Å². The third-order valence-electron chi connectivity index (χ3n) is 5.60. The Balaban J connectivity index is 1.27. The molecule has 5 heteroatoms. The quantitative estimate of drug-likeness (QED) is 0.651. The molecular weight excluding hydrogens is 368 g/mol. The van der Waals surface area contributed by atoms with Crippen molar-refractivity contribution in [3.8, 4) is 5.75 Å². The van der Waals surface area contributed by atoms with E-state index in [2.05, 4.69) is 51.6 Å². The van der Waals surface area contributed by atoms with Gasteiger partial charge in [0.25, 0.3) is 0 Å². The molecule has 3 aromatic rings. The highest BCUT2D eigenvalue weighted by Crippen LogP contribution is 2.34. The van der Waals surface area contributed by atoms with Gasteiger partial charge in [0.2, 0.25) is 0 Å². The Kier molecular flexibility index (Phi) is 6.27. The average Bonchev–Trinajstić information content (AvgIpc) is 3.17. The van der Waals surface area contributed by atoms with E-state index in [0.29, 0.717) is 0 Å². The van der Waals surface area contributed by atoms with E-state index in [1.54, 1.807) is 18.4 Å². The van der Waals surface area contributed by atoms with Crippen molar-refractivity contribution >= 4 is 21.4 Å². The number of ether oxygens (including phenoxy) is 1. The molecular formula is C23H28N2O2S. The zero-order chi connectivity index (χ0) is 19.3. The van der Waals surface area contributed by atoms with Gasteiger partial charge in [0.15, 0.2) is 0 Å². The Morgan fingerprint density at radius 1 is 1.04 bits per heavy atom. The van der Waals surface area contributed by atoms with E-state index < -0.39 is 6.10 Å². The van der Waals surface area contributed by atoms with Gasteiger partial charge in [-0.15, -0.1) is 11.3 Å². The van der Waals surface area contributed by atoms with Crippen LogP contribution in [0.25, 0.3) is 10.1 Å². The number of hydrogen-bond donors (Lipinski definition) is 1. The standard InChI is InChI=1S/C23H28N2O2S/c1-27-19-7-8-20-21(17-28-23(20)15-19)22(26)9-10-24-11-13-25(14-12-24)16-18-5-3-2-4-6-18/h2-8,15,17,22,26H,9-14,16H2,1H3. The lowest BCUT2D eigenvalue weighted by atomic mass is 10.0. The molecule has 0 spiro atoms. The molecule has 1 unspecified atom stereocenters. The summed E-state index contributed by atoms with van der Waals surface area (Å²) >= 11 is 1.67. The van der Waals surface area contributed by atoms with Crippen molar-refractivity contribution in [2.75, 3.05) is 39.8 Å². The summed E-state index contributed by atoms with van der Waals surface area (Å²) in [4.78, 5) is 4.99. The van der Waals surface area contributed by atoms with Crippen molar-refractivity contribution in [2.45, 2.75) is 19.1 Å². The van der Waals surface area contributed by atoms with Gasteiger partial charge in [-0.05, 0) is 46.5 Å². The lowest BCUT2D eigenvalue weighted by Crippen LogP contribution is -2.46. The summed E-state index contributed by atoms with van der Waals surface area (Å²) in [5.74, 6) is 0.865. The zero-order valence-electron chi connectivity index (χ0n) is 16.4. The van der Waals surface area contributed by atoms with E-state index in [0.717, 1.165) is 62.4 Å². The third kappa shape index (κ3) is 4.55. The number of rotatable bonds is 7. The molecule has 0 amide bonds. The Morgan fingerprint density at radius 3 is 2.54 bits per heavy atom. The van der Waals surface area contributed by atoms with Gasteiger partial charge in [0, 0.05) is 44.0 Å². The smallest absolute Gasteiger partial charge is 0.120 e. The second-order valence-corrected chi connectivity index (χ2v) is 8.37. The van der Waals surface area contributed by atoms with Crippen molar-refractivity contribution < 1.29 is 9.84 Å². The number of hydrogen-bond acceptors (Lipinski definition) is 5. The first-order valence-electron chi connectivity index (χ1n) is 9.95. The molecule has 1 fully saturated rings. The van der Waals surface area contributed by atoms with Gasteiger partial charge in [0.05, 0.1) is 13.2 Å². The number of methoxy groups -OCH3 is 1. The molecule has 28 heavy (non-hydrogen) atoms. The molecule has 1 aliphatic heterocycles. The molecule has 2 aromatic carbocycles. The Morgan fingerprint density at radius 2 is 1.79 bits per heavy atom. The van der Waals surface area contributed by atoms with Crippen LogP contribution in [-0.4, -0.2) is 54.7 Å². The molecule has 1 atom stereocenters. The van der Waals surface area contributed by atoms with E-state index in [1.807, 2.05) is 12.1 Å². The number of thiophene rings is 1. The van der Waals surface area contributed by atoms with Crippen LogP contribution in [-0.2, 0) is 6.54 Å². The average molecular weight is 397 g/mol. The SMILES string of the molecule is COc1ccc2c(C(O)CCN3CCN(Cc4ccccc4)CC3)csc2c1. The van der Waals surface area contributed by atoms with E-state index in [9.17, 15) is 5.11 Å². The Bertz CT molecular complexity index is 888. The summed E-state index contributed by atoms with van der Waals surface area (Å²) < 4.78 is 6.47. The van der Waals surface area contributed by atoms with Gasteiger partial charge in [-0.25, -0.2) is 0 Å². The first kappa shape index (κ1) is 19.4. The molecule has 0 aliphatic carbocycles. The molecule has 1 aromatic heterocycles. The molecule has 2 heterocycles. The van der Waals surface area contributed by atoms with Crippen molar-refractivity contribution in [1.29, 1.82) is 0 Å². The van der Waals surface area contributed by atoms with Crippen molar-refractivity contribution in [1.82, 2.24) is 9.80 Å². The Hall–Kier alpha value is -1.92. The fourth-order valence-corrected chi connectivity index (χ4v) is 4.92. The summed E-state index contributed by atoms with van der Waals surface area (Å²) in [5.41, 5.74) is 2.43. The minimum atomic E-state index is -0.413. The van der Waals surface area contributed by atoms with Crippen LogP contribution in [0.2, 0.25) is 0 Å². The van der Waals surface area contributed by atoms with Crippen molar-refractivity contribution in [3.63, 3.8) is 0 Å². The summed E-state index contributed by atoms with van der Waals surface area (Å²) in [7, 11) is 1.68. The largest absolute Gasteiger partial charge is 0.497 e. The molecule has 1 N–H and O–H groups in total. The lowest BCUT2D eigenvalue weighted by molar-refractivity contribution is 0.0999. The first-order chi connectivity index (χ1) is 13.7. The van der Waals surface area contributed by atoms with E-state index >= 15 is 0 Å². The molecule has 1 aliphatic rings. The van der Waals surface area contributed by atoms with Crippen LogP contribution in [0, 0.1) is 0 Å².